The predicted molar refractivity (Wildman–Crippen MR) is 275 cm³/mol. The number of esters is 1. The lowest BCUT2D eigenvalue weighted by molar-refractivity contribution is -0.266. The highest BCUT2D eigenvalue weighted by Crippen LogP contribution is 2.38. The van der Waals surface area contributed by atoms with Gasteiger partial charge in [0.15, 0.2) is 5.78 Å². The van der Waals surface area contributed by atoms with Crippen molar-refractivity contribution in [2.24, 2.45) is 35.5 Å². The second kappa shape index (κ2) is 29.9. The Hall–Kier alpha value is -3.49. The number of carbonyl (C=O) groups excluding carboxylic acids is 5. The van der Waals surface area contributed by atoms with Gasteiger partial charge in [-0.2, -0.15) is 0 Å². The molecule has 4 aliphatic heterocycles. The minimum atomic E-state index is -2.48. The Morgan fingerprint density at radius 1 is 0.824 bits per heavy atom. The lowest BCUT2D eigenvalue weighted by Crippen LogP contribution is -2.61. The van der Waals surface area contributed by atoms with E-state index >= 15 is 0 Å². The van der Waals surface area contributed by atoms with Gasteiger partial charge in [-0.1, -0.05) is 71.1 Å². The maximum atomic E-state index is 14.6. The largest absolute Gasteiger partial charge is 0.460 e. The minimum absolute atomic E-state index is 0.00695. The summed E-state index contributed by atoms with van der Waals surface area (Å²) in [6.07, 6.45) is 11.6. The van der Waals surface area contributed by atoms with Crippen molar-refractivity contribution in [1.29, 1.82) is 0 Å². The number of aliphatic hydroxyl groups is 3. The van der Waals surface area contributed by atoms with Crippen LogP contribution in [0.4, 0.5) is 0 Å². The molecule has 17 heteroatoms. The van der Waals surface area contributed by atoms with Crippen molar-refractivity contribution in [2.75, 3.05) is 60.4 Å². The smallest absolute Gasteiger partial charge is 0.329 e. The molecule has 2 bridgehead atoms. The average molecular weight is 1040 g/mol. The number of hydrogen-bond acceptors (Lipinski definition) is 16. The van der Waals surface area contributed by atoms with E-state index in [2.05, 4.69) is 0 Å². The zero-order valence-corrected chi connectivity index (χ0v) is 45.7. The predicted octanol–water partition coefficient (Wildman–Crippen LogP) is 5.98. The molecule has 4 fully saturated rings. The van der Waals surface area contributed by atoms with E-state index in [1.165, 1.54) is 12.0 Å². The van der Waals surface area contributed by atoms with E-state index in [1.807, 2.05) is 58.1 Å². The maximum Gasteiger partial charge on any atom is 0.329 e. The van der Waals surface area contributed by atoms with Gasteiger partial charge in [-0.25, -0.2) is 4.79 Å². The first kappa shape index (κ1) is 61.4. The van der Waals surface area contributed by atoms with Gasteiger partial charge in [0.05, 0.1) is 64.1 Å². The Kier molecular flexibility index (Phi) is 24.8. The first-order valence-corrected chi connectivity index (χ1v) is 27.3. The number of ketones is 3. The van der Waals surface area contributed by atoms with Crippen LogP contribution in [0.3, 0.4) is 0 Å². The Bertz CT molecular complexity index is 1960. The molecule has 418 valence electrons. The van der Waals surface area contributed by atoms with Crippen molar-refractivity contribution in [3.63, 3.8) is 0 Å². The number of methoxy groups -OCH3 is 2. The Balaban J connectivity index is 1.46. The van der Waals surface area contributed by atoms with E-state index in [1.54, 1.807) is 34.0 Å². The third-order valence-corrected chi connectivity index (χ3v) is 16.0. The third kappa shape index (κ3) is 17.0. The summed E-state index contributed by atoms with van der Waals surface area (Å²) in [5.74, 6) is -8.16. The van der Waals surface area contributed by atoms with Crippen LogP contribution < -0.4 is 0 Å². The van der Waals surface area contributed by atoms with Crippen molar-refractivity contribution in [1.82, 2.24) is 4.90 Å². The number of allylic oxidation sites excluding steroid dienone is 6. The van der Waals surface area contributed by atoms with E-state index in [-0.39, 0.29) is 93.3 Å². The van der Waals surface area contributed by atoms with Gasteiger partial charge in [0, 0.05) is 51.4 Å². The van der Waals surface area contributed by atoms with Crippen LogP contribution in [0.1, 0.15) is 126 Å². The standard InChI is InChI=1S/C57H89NO16/c1-35-15-11-10-12-16-36(2)48(72-26-25-70-44-33-69-34-44)31-43-20-18-41(7)57(66,74-43)54(63)55(64)58-22-14-13-17-45(58)56(65)73-49(38(4)29-42-19-21-47(71-24-23-59)50(30-42)67-8)32-46(60)37(3)28-40(6)52(62)53(68-9)51(61)39(5)27-35/h10-12,15-16,28,35,37-39,41-45,47-50,52-53,59,62,66H,13-14,17-27,29-34H2,1-9H3/b12-10+,15-11+,36-16+,40-28+/t35-,37-,38-,39-,41-,42+,43+,45+,47-,48-,49+,50-,52-,53+,57-/m1/s1. The van der Waals surface area contributed by atoms with Crippen molar-refractivity contribution in [3.05, 3.63) is 47.6 Å². The summed E-state index contributed by atoms with van der Waals surface area (Å²) in [7, 11) is 3.01. The highest BCUT2D eigenvalue weighted by Gasteiger charge is 2.53. The van der Waals surface area contributed by atoms with Crippen LogP contribution in [0.2, 0.25) is 0 Å². The fourth-order valence-corrected chi connectivity index (χ4v) is 11.1. The van der Waals surface area contributed by atoms with Crippen molar-refractivity contribution >= 4 is 29.2 Å². The molecule has 0 aromatic rings. The van der Waals surface area contributed by atoms with Crippen LogP contribution >= 0.6 is 0 Å². The summed E-state index contributed by atoms with van der Waals surface area (Å²) in [4.78, 5) is 72.8. The summed E-state index contributed by atoms with van der Waals surface area (Å²) >= 11 is 0. The molecule has 5 aliphatic rings. The summed E-state index contributed by atoms with van der Waals surface area (Å²) in [5.41, 5.74) is 1.24. The van der Waals surface area contributed by atoms with E-state index in [0.29, 0.717) is 76.8 Å². The molecule has 5 rings (SSSR count). The zero-order valence-electron chi connectivity index (χ0n) is 45.7. The molecule has 0 aromatic heterocycles. The fourth-order valence-electron chi connectivity index (χ4n) is 11.1. The van der Waals surface area contributed by atoms with Crippen LogP contribution in [0.5, 0.6) is 0 Å². The SMILES string of the molecule is CO[C@@H]1C[C@H](C[C@@H](C)[C@@H]2CC(=O)[C@H](C)/C=C(\C)[C@@H](O)[C@@H](OC)C(=O)[C@H](C)C[C@H](C)/C=C/C=C/C=C(\C)[C@H](OCCOC3COC3)C[C@@H]3CC[C@@H](C)[C@@](O)(O3)C(=O)C(=O)N3CCCC[C@H]3C(=O)O2)CC[C@H]1OCCO. The van der Waals surface area contributed by atoms with Gasteiger partial charge >= 0.3 is 5.97 Å². The second-order valence-electron chi connectivity index (χ2n) is 21.8. The quantitative estimate of drug-likeness (QED) is 0.0835. The lowest BCUT2D eigenvalue weighted by atomic mass is 9.78. The van der Waals surface area contributed by atoms with Crippen molar-refractivity contribution in [3.8, 4) is 0 Å². The van der Waals surface area contributed by atoms with Gasteiger partial charge in [-0.05, 0) is 107 Å². The number of hydrogen-bond donors (Lipinski definition) is 3. The lowest BCUT2D eigenvalue weighted by Gasteiger charge is -2.43. The number of amides is 1. The van der Waals surface area contributed by atoms with Crippen LogP contribution in [-0.4, -0.2) is 171 Å². The van der Waals surface area contributed by atoms with E-state index in [0.717, 1.165) is 12.0 Å². The number of aliphatic hydroxyl groups excluding tert-OH is 2. The van der Waals surface area contributed by atoms with Crippen LogP contribution in [0, 0.1) is 35.5 Å². The number of ether oxygens (including phenoxy) is 8. The van der Waals surface area contributed by atoms with Crippen LogP contribution in [-0.2, 0) is 61.9 Å². The van der Waals surface area contributed by atoms with E-state index < -0.39 is 77.8 Å². The normalized spacial score (nSPS) is 38.1. The molecule has 0 unspecified atom stereocenters. The van der Waals surface area contributed by atoms with Crippen LogP contribution in [0.15, 0.2) is 47.6 Å². The molecule has 3 saturated heterocycles. The summed E-state index contributed by atoms with van der Waals surface area (Å²) in [5, 5.41) is 33.1. The molecule has 0 spiro atoms. The number of piperidine rings is 1. The monoisotopic (exact) mass is 1040 g/mol. The number of carbonyl (C=O) groups is 5. The van der Waals surface area contributed by atoms with Gasteiger partial charge < -0.3 is 58.1 Å². The van der Waals surface area contributed by atoms with E-state index in [9.17, 15) is 39.3 Å². The fraction of sp³-hybridized carbons (Fsp3) is 0.772. The molecule has 17 nitrogen and oxygen atoms in total. The molecule has 0 radical (unpaired) electrons. The number of rotatable bonds is 13. The highest BCUT2D eigenvalue weighted by atomic mass is 16.6. The maximum absolute atomic E-state index is 14.6. The van der Waals surface area contributed by atoms with Crippen molar-refractivity contribution in [2.45, 2.75) is 186 Å². The van der Waals surface area contributed by atoms with Gasteiger partial charge in [0.2, 0.25) is 5.79 Å². The molecule has 1 saturated carbocycles. The first-order chi connectivity index (χ1) is 35.3. The Morgan fingerprint density at radius 3 is 2.26 bits per heavy atom. The van der Waals surface area contributed by atoms with Gasteiger partial charge in [0.1, 0.15) is 36.2 Å². The Labute approximate surface area is 439 Å². The van der Waals surface area contributed by atoms with Gasteiger partial charge in [0.25, 0.3) is 11.7 Å². The molecule has 74 heavy (non-hydrogen) atoms. The highest BCUT2D eigenvalue weighted by molar-refractivity contribution is 6.39. The molecule has 0 aromatic carbocycles. The molecule has 1 amide bonds. The number of nitrogens with zero attached hydrogens (tertiary/aromatic N) is 1. The van der Waals surface area contributed by atoms with Crippen molar-refractivity contribution < 1.29 is 77.2 Å². The molecule has 3 N–H and O–H groups in total. The summed E-state index contributed by atoms with van der Waals surface area (Å²) < 4.78 is 47.4. The molecule has 15 atom stereocenters. The molecular formula is C57H89NO16. The van der Waals surface area contributed by atoms with Gasteiger partial charge in [-0.15, -0.1) is 0 Å². The topological polar surface area (TPSA) is 223 Å². The number of cyclic esters (lactones) is 1. The number of Topliss-reactive ketones (excluding diaryl/α,β-unsaturated/α-hetero) is 3. The van der Waals surface area contributed by atoms with Crippen LogP contribution in [0.25, 0.3) is 0 Å². The number of fused-ring (bicyclic) bond motifs is 3. The summed E-state index contributed by atoms with van der Waals surface area (Å²) in [6.45, 7) is 14.5. The third-order valence-electron chi connectivity index (χ3n) is 16.0. The Morgan fingerprint density at radius 2 is 1.57 bits per heavy atom. The molecular weight excluding hydrogens is 955 g/mol. The molecule has 4 heterocycles. The molecule has 1 aliphatic carbocycles. The van der Waals surface area contributed by atoms with Gasteiger partial charge in [-0.3, -0.25) is 19.2 Å². The minimum Gasteiger partial charge on any atom is -0.460 e. The zero-order chi connectivity index (χ0) is 54.1. The van der Waals surface area contributed by atoms with E-state index in [4.69, 9.17) is 37.9 Å². The summed E-state index contributed by atoms with van der Waals surface area (Å²) in [6, 6.07) is -1.16. The average Bonchev–Trinajstić information content (AvgIpc) is 3.36. The second-order valence-corrected chi connectivity index (χ2v) is 21.8. The first-order valence-electron chi connectivity index (χ1n) is 27.3.